The Hall–Kier alpha value is -2.04. The average molecular weight is 321 g/mol. The first-order chi connectivity index (χ1) is 9.70. The molecule has 0 amide bonds. The van der Waals surface area contributed by atoms with E-state index in [1.165, 1.54) is 0 Å². The van der Waals surface area contributed by atoms with E-state index in [9.17, 15) is 13.2 Å². The molecule has 0 aliphatic carbocycles. The molecule has 10 heteroatoms. The lowest BCUT2D eigenvalue weighted by Crippen LogP contribution is -2.72. The molecule has 0 unspecified atom stereocenters. The first-order valence-corrected chi connectivity index (χ1v) is 6.80. The van der Waals surface area contributed by atoms with Crippen molar-refractivity contribution >= 4 is 21.8 Å². The molecule has 0 bridgehead atoms. The van der Waals surface area contributed by atoms with Crippen molar-refractivity contribution in [3.8, 4) is 0 Å². The zero-order chi connectivity index (χ0) is 15.9. The Kier molecular flexibility index (Phi) is 5.76. The normalized spacial score (nSPS) is 11.4. The average Bonchev–Trinajstić information content (AvgIpc) is 2.39. The van der Waals surface area contributed by atoms with Crippen LogP contribution in [0.15, 0.2) is 48.8 Å². The van der Waals surface area contributed by atoms with Crippen molar-refractivity contribution in [1.82, 2.24) is 9.97 Å². The van der Waals surface area contributed by atoms with Crippen LogP contribution in [0.2, 0.25) is 0 Å². The van der Waals surface area contributed by atoms with Gasteiger partial charge in [-0.05, 0) is 12.1 Å². The van der Waals surface area contributed by atoms with Gasteiger partial charge in [-0.1, -0.05) is 12.1 Å². The fourth-order valence-electron chi connectivity index (χ4n) is 1.07. The van der Waals surface area contributed by atoms with Gasteiger partial charge in [0, 0.05) is 24.5 Å². The van der Waals surface area contributed by atoms with Gasteiger partial charge in [0.1, 0.15) is 0 Å². The highest BCUT2D eigenvalue weighted by Gasteiger charge is 2.36. The predicted octanol–water partition coefficient (Wildman–Crippen LogP) is 1.05. The maximum atomic E-state index is 10.7. The van der Waals surface area contributed by atoms with Crippen molar-refractivity contribution in [2.75, 3.05) is 0 Å². The highest BCUT2D eigenvalue weighted by atomic mass is 32.2. The largest absolute Gasteiger partial charge is 0.741 e. The molecule has 0 spiro atoms. The number of quaternary nitrogens is 1. The van der Waals surface area contributed by atoms with E-state index in [4.69, 9.17) is 13.0 Å². The lowest BCUT2D eigenvalue weighted by atomic mass is 10.4. The molecule has 0 fully saturated rings. The Morgan fingerprint density at radius 3 is 1.57 bits per heavy atom. The number of halogens is 3. The van der Waals surface area contributed by atoms with Crippen molar-refractivity contribution in [2.24, 2.45) is 0 Å². The summed E-state index contributed by atoms with van der Waals surface area (Å²) >= 11 is 0. The maximum absolute atomic E-state index is 10.7. The van der Waals surface area contributed by atoms with E-state index in [0.717, 1.165) is 11.6 Å². The molecule has 2 heterocycles. The van der Waals surface area contributed by atoms with Crippen LogP contribution < -0.4 is 5.32 Å². The van der Waals surface area contributed by atoms with Crippen molar-refractivity contribution < 1.29 is 31.5 Å². The third-order valence-electron chi connectivity index (χ3n) is 1.95. The van der Waals surface area contributed by atoms with E-state index in [2.05, 4.69) is 9.97 Å². The van der Waals surface area contributed by atoms with Crippen LogP contribution in [0.25, 0.3) is 0 Å². The molecule has 2 rings (SSSR count). The quantitative estimate of drug-likeness (QED) is 0.658. The summed E-state index contributed by atoms with van der Waals surface area (Å²) in [5.41, 5.74) is -5.65. The molecule has 21 heavy (non-hydrogen) atoms. The minimum atomic E-state index is -6.09. The topological polar surface area (TPSA) is 99.6 Å². The number of alkyl halides is 3. The molecule has 0 aromatic carbocycles. The van der Waals surface area contributed by atoms with Gasteiger partial charge in [0.05, 0.1) is 0 Å². The van der Waals surface area contributed by atoms with E-state index in [-0.39, 0.29) is 0 Å². The first kappa shape index (κ1) is 17.0. The first-order valence-electron chi connectivity index (χ1n) is 5.39. The van der Waals surface area contributed by atoms with Crippen molar-refractivity contribution in [3.63, 3.8) is 0 Å². The summed E-state index contributed by atoms with van der Waals surface area (Å²) in [6, 6.07) is 11.6. The molecule has 0 saturated carbocycles. The highest BCUT2D eigenvalue weighted by molar-refractivity contribution is 7.86. The lowest BCUT2D eigenvalue weighted by molar-refractivity contribution is -0.487. The van der Waals surface area contributed by atoms with Crippen LogP contribution in [-0.2, 0) is 10.1 Å². The monoisotopic (exact) mass is 321 g/mol. The number of rotatable bonds is 2. The molecular weight excluding hydrogens is 311 g/mol. The predicted molar refractivity (Wildman–Crippen MR) is 65.5 cm³/mol. The van der Waals surface area contributed by atoms with Gasteiger partial charge in [-0.3, -0.25) is 0 Å². The Bertz CT molecular complexity index is 611. The summed E-state index contributed by atoms with van der Waals surface area (Å²) in [7, 11) is -6.09. The van der Waals surface area contributed by atoms with Crippen LogP contribution in [-0.4, -0.2) is 28.4 Å². The smallest absolute Gasteiger partial charge is 0.485 e. The molecule has 114 valence electrons. The second kappa shape index (κ2) is 7.11. The standard InChI is InChI=1S/C10H9N3.CHF3O3S/c1-3-7-11-9(5-1)13-10-6-2-4-8-12-10;2-1(3,4)8(5,6)7/h1-8H,(H,11,12,13);(H,5,6,7). The second-order valence-electron chi connectivity index (χ2n) is 3.55. The number of pyridine rings is 2. The van der Waals surface area contributed by atoms with Crippen molar-refractivity contribution in [3.05, 3.63) is 48.8 Å². The van der Waals surface area contributed by atoms with Gasteiger partial charge in [0.25, 0.3) is 0 Å². The fraction of sp³-hybridized carbons (Fsp3) is 0.0909. The summed E-state index contributed by atoms with van der Waals surface area (Å²) < 4.78 is 58.9. The van der Waals surface area contributed by atoms with Gasteiger partial charge in [-0.2, -0.15) is 13.2 Å². The summed E-state index contributed by atoms with van der Waals surface area (Å²) in [6.07, 6.45) is 3.55. The minimum Gasteiger partial charge on any atom is -0.741 e. The van der Waals surface area contributed by atoms with Crippen LogP contribution in [0.3, 0.4) is 0 Å². The molecule has 6 nitrogen and oxygen atoms in total. The molecule has 2 aromatic rings. The van der Waals surface area contributed by atoms with Gasteiger partial charge in [0.15, 0.2) is 10.1 Å². The summed E-state index contributed by atoms with van der Waals surface area (Å²) in [4.78, 5) is 8.36. The highest BCUT2D eigenvalue weighted by Crippen LogP contribution is 2.20. The molecule has 2 N–H and O–H groups in total. The molecule has 0 atom stereocenters. The summed E-state index contributed by atoms with van der Waals surface area (Å²) in [6.45, 7) is 0. The van der Waals surface area contributed by atoms with E-state index in [1.54, 1.807) is 12.4 Å². The van der Waals surface area contributed by atoms with Crippen molar-refractivity contribution in [2.45, 2.75) is 5.51 Å². The third kappa shape index (κ3) is 6.29. The van der Waals surface area contributed by atoms with Gasteiger partial charge in [-0.15, -0.1) is 0 Å². The number of hydrogen-bond acceptors (Lipinski definition) is 5. The minimum absolute atomic E-state index is 0.932. The van der Waals surface area contributed by atoms with Gasteiger partial charge in [-0.25, -0.2) is 23.7 Å². The zero-order valence-corrected chi connectivity index (χ0v) is 11.2. The Balaban J connectivity index is 0.000000240. The van der Waals surface area contributed by atoms with Crippen LogP contribution in [0.1, 0.15) is 0 Å². The van der Waals surface area contributed by atoms with Crippen molar-refractivity contribution in [1.29, 1.82) is 0 Å². The molecular formula is C11H10F3N3O3S. The van der Waals surface area contributed by atoms with Crippen LogP contribution in [0.4, 0.5) is 24.8 Å². The molecule has 0 aliphatic heterocycles. The second-order valence-corrected chi connectivity index (χ2v) is 4.92. The fourth-order valence-corrected chi connectivity index (χ4v) is 1.07. The summed E-state index contributed by atoms with van der Waals surface area (Å²) in [5, 5.41) is 1.94. The van der Waals surface area contributed by atoms with E-state index in [0.29, 0.717) is 0 Å². The third-order valence-corrected chi connectivity index (χ3v) is 2.52. The van der Waals surface area contributed by atoms with Gasteiger partial charge in [0.2, 0.25) is 11.6 Å². The SMILES string of the molecule is O=S(=O)([O-])C(F)(F)F.c1ccc([NH2+]c2ccccn2)nc1. The van der Waals surface area contributed by atoms with Crippen LogP contribution >= 0.6 is 0 Å². The molecule has 0 aliphatic rings. The van der Waals surface area contributed by atoms with Gasteiger partial charge < -0.3 is 4.55 Å². The zero-order valence-electron chi connectivity index (χ0n) is 10.4. The summed E-state index contributed by atoms with van der Waals surface area (Å²) in [5.74, 6) is 1.86. The number of nitrogens with zero attached hydrogens (tertiary/aromatic N) is 2. The number of hydrogen-bond donors (Lipinski definition) is 1. The molecule has 0 saturated heterocycles. The number of aromatic nitrogens is 2. The van der Waals surface area contributed by atoms with Crippen LogP contribution in [0.5, 0.6) is 0 Å². The van der Waals surface area contributed by atoms with E-state index >= 15 is 0 Å². The van der Waals surface area contributed by atoms with Crippen LogP contribution in [0, 0.1) is 0 Å². The molecule has 0 radical (unpaired) electrons. The van der Waals surface area contributed by atoms with Gasteiger partial charge >= 0.3 is 5.51 Å². The molecule has 2 aromatic heterocycles. The maximum Gasteiger partial charge on any atom is 0.485 e. The Morgan fingerprint density at radius 1 is 0.952 bits per heavy atom. The Morgan fingerprint density at radius 2 is 1.33 bits per heavy atom. The lowest BCUT2D eigenvalue weighted by Gasteiger charge is -2.08. The number of nitrogens with two attached hydrogens (primary N) is 1. The Labute approximate surface area is 118 Å². The van der Waals surface area contributed by atoms with E-state index < -0.39 is 15.6 Å². The van der Waals surface area contributed by atoms with E-state index in [1.807, 2.05) is 41.7 Å².